The topological polar surface area (TPSA) is 195 Å². The summed E-state index contributed by atoms with van der Waals surface area (Å²) >= 11 is 4.31. The standard InChI is InChI=1S/C33H43N5O10S/c1-20(39)34-19-36(27(18-49)29(43)35-24(31(45)47-5)16-21-10-12-23(40)13-11-21)30(44)26(17-28(41)42)38(32(46)48-33(2,3)4)37-15-14-22-8-6-7-9-25(22)37/h6-13,24,26-27,40,49H,14-19H2,1-5H3,(H,34,39)(H,35,43)(H,41,42)/t24-,26-,27-/m0/s1. The van der Waals surface area contributed by atoms with Crippen LogP contribution in [0.1, 0.15) is 45.2 Å². The van der Waals surface area contributed by atoms with Crippen molar-refractivity contribution in [1.82, 2.24) is 20.5 Å². The predicted molar refractivity (Wildman–Crippen MR) is 181 cm³/mol. The number of fused-ring (bicyclic) bond motifs is 1. The van der Waals surface area contributed by atoms with Gasteiger partial charge >= 0.3 is 18.0 Å². The first-order valence-corrected chi connectivity index (χ1v) is 16.1. The fraction of sp³-hybridized carbons (Fsp3) is 0.455. The van der Waals surface area contributed by atoms with Crippen LogP contribution in [0.2, 0.25) is 0 Å². The molecule has 0 radical (unpaired) electrons. The van der Waals surface area contributed by atoms with E-state index in [1.165, 1.54) is 24.1 Å². The highest BCUT2D eigenvalue weighted by molar-refractivity contribution is 7.80. The van der Waals surface area contributed by atoms with Crippen LogP contribution < -0.4 is 15.6 Å². The smallest absolute Gasteiger partial charge is 0.430 e. The molecule has 4 amide bonds. The number of thiol groups is 1. The van der Waals surface area contributed by atoms with Crippen molar-refractivity contribution in [2.75, 3.05) is 31.1 Å². The molecule has 3 atom stereocenters. The summed E-state index contributed by atoms with van der Waals surface area (Å²) in [4.78, 5) is 80.3. The molecule has 0 unspecified atom stereocenters. The number of carbonyl (C=O) groups is 6. The van der Waals surface area contributed by atoms with Crippen molar-refractivity contribution >= 4 is 54.1 Å². The number of hydrogen-bond donors (Lipinski definition) is 5. The first-order valence-electron chi connectivity index (χ1n) is 15.5. The molecule has 3 rings (SSSR count). The minimum Gasteiger partial charge on any atom is -0.508 e. The molecular weight excluding hydrogens is 658 g/mol. The summed E-state index contributed by atoms with van der Waals surface area (Å²) in [6.45, 7) is 5.69. The molecule has 0 fully saturated rings. The van der Waals surface area contributed by atoms with Gasteiger partial charge in [-0.25, -0.2) is 14.6 Å². The molecule has 0 saturated heterocycles. The third kappa shape index (κ3) is 10.5. The van der Waals surface area contributed by atoms with Gasteiger partial charge in [-0.3, -0.25) is 24.2 Å². The highest BCUT2D eigenvalue weighted by atomic mass is 32.1. The summed E-state index contributed by atoms with van der Waals surface area (Å²) in [5, 5.41) is 27.1. The number of carboxylic acids is 1. The Kier molecular flexibility index (Phi) is 13.3. The minimum atomic E-state index is -1.75. The number of aromatic hydroxyl groups is 1. The number of methoxy groups -OCH3 is 1. The largest absolute Gasteiger partial charge is 0.508 e. The molecule has 0 aliphatic carbocycles. The lowest BCUT2D eigenvalue weighted by atomic mass is 10.0. The van der Waals surface area contributed by atoms with Crippen molar-refractivity contribution in [3.63, 3.8) is 0 Å². The van der Waals surface area contributed by atoms with Gasteiger partial charge in [0.2, 0.25) is 17.7 Å². The molecule has 15 nitrogen and oxygen atoms in total. The summed E-state index contributed by atoms with van der Waals surface area (Å²) in [6, 6.07) is 8.58. The Labute approximate surface area is 289 Å². The minimum absolute atomic E-state index is 0.00146. The van der Waals surface area contributed by atoms with Gasteiger partial charge in [-0.1, -0.05) is 30.3 Å². The fourth-order valence-electron chi connectivity index (χ4n) is 5.22. The van der Waals surface area contributed by atoms with E-state index < -0.39 is 72.6 Å². The fourth-order valence-corrected chi connectivity index (χ4v) is 5.58. The monoisotopic (exact) mass is 701 g/mol. The average molecular weight is 702 g/mol. The van der Waals surface area contributed by atoms with Gasteiger partial charge in [0, 0.05) is 25.6 Å². The van der Waals surface area contributed by atoms with Crippen LogP contribution in [0.5, 0.6) is 5.75 Å². The first-order chi connectivity index (χ1) is 23.1. The molecule has 2 aromatic carbocycles. The number of anilines is 1. The van der Waals surface area contributed by atoms with Crippen LogP contribution in [-0.4, -0.2) is 106 Å². The number of nitrogens with one attached hydrogen (secondary N) is 2. The van der Waals surface area contributed by atoms with Gasteiger partial charge in [0.05, 0.1) is 25.9 Å². The average Bonchev–Trinajstić information content (AvgIpc) is 3.45. The van der Waals surface area contributed by atoms with E-state index in [2.05, 4.69) is 23.3 Å². The highest BCUT2D eigenvalue weighted by Crippen LogP contribution is 2.32. The molecule has 49 heavy (non-hydrogen) atoms. The van der Waals surface area contributed by atoms with E-state index in [9.17, 15) is 39.0 Å². The number of para-hydroxylation sites is 1. The first kappa shape index (κ1) is 38.5. The quantitative estimate of drug-likeness (QED) is 0.110. The van der Waals surface area contributed by atoms with Gasteiger partial charge in [-0.15, -0.1) is 0 Å². The second-order valence-electron chi connectivity index (χ2n) is 12.3. The van der Waals surface area contributed by atoms with Gasteiger partial charge in [0.15, 0.2) is 0 Å². The van der Waals surface area contributed by atoms with Crippen LogP contribution in [-0.2, 0) is 46.3 Å². The van der Waals surface area contributed by atoms with Crippen molar-refractivity contribution in [2.24, 2.45) is 0 Å². The van der Waals surface area contributed by atoms with E-state index in [1.54, 1.807) is 45.0 Å². The van der Waals surface area contributed by atoms with Crippen LogP contribution in [0.25, 0.3) is 0 Å². The lowest BCUT2D eigenvalue weighted by Crippen LogP contribution is -2.64. The third-order valence-electron chi connectivity index (χ3n) is 7.46. The van der Waals surface area contributed by atoms with Gasteiger partial charge in [0.1, 0.15) is 29.5 Å². The zero-order chi connectivity index (χ0) is 36.5. The molecule has 1 aliphatic heterocycles. The van der Waals surface area contributed by atoms with Crippen LogP contribution in [0.3, 0.4) is 0 Å². The molecule has 1 aliphatic rings. The number of rotatable bonds is 14. The molecule has 16 heteroatoms. The Bertz CT molecular complexity index is 1530. The molecule has 1 heterocycles. The van der Waals surface area contributed by atoms with Crippen molar-refractivity contribution < 1.29 is 48.5 Å². The summed E-state index contributed by atoms with van der Waals surface area (Å²) < 4.78 is 10.5. The van der Waals surface area contributed by atoms with Crippen LogP contribution in [0, 0.1) is 0 Å². The van der Waals surface area contributed by atoms with Crippen molar-refractivity contribution in [2.45, 2.75) is 70.7 Å². The number of carbonyl (C=O) groups excluding carboxylic acids is 5. The van der Waals surface area contributed by atoms with Crippen LogP contribution in [0.15, 0.2) is 48.5 Å². The Morgan fingerprint density at radius 1 is 1.02 bits per heavy atom. The van der Waals surface area contributed by atoms with E-state index in [0.29, 0.717) is 17.7 Å². The number of ether oxygens (including phenoxy) is 2. The third-order valence-corrected chi connectivity index (χ3v) is 7.81. The SMILES string of the molecule is COC(=O)[C@H](Cc1ccc(O)cc1)NC(=O)[C@H](CS)N(CNC(C)=O)C(=O)[C@H](CC(=O)O)N(C(=O)OC(C)(C)C)N1CCc2ccccc21. The van der Waals surface area contributed by atoms with E-state index in [0.717, 1.165) is 22.6 Å². The number of carboxylic acid groups (broad SMARTS) is 1. The maximum atomic E-state index is 14.6. The Morgan fingerprint density at radius 3 is 2.24 bits per heavy atom. The summed E-state index contributed by atoms with van der Waals surface area (Å²) in [5.74, 6) is -5.00. The normalized spacial score (nSPS) is 14.0. The number of benzene rings is 2. The highest BCUT2D eigenvalue weighted by Gasteiger charge is 2.44. The van der Waals surface area contributed by atoms with Crippen LogP contribution in [0.4, 0.5) is 10.5 Å². The van der Waals surface area contributed by atoms with Crippen molar-refractivity contribution in [3.05, 3.63) is 59.7 Å². The van der Waals surface area contributed by atoms with E-state index >= 15 is 0 Å². The number of phenols is 1. The van der Waals surface area contributed by atoms with Gasteiger partial charge < -0.3 is 35.2 Å². The van der Waals surface area contributed by atoms with E-state index in [4.69, 9.17) is 9.47 Å². The molecule has 0 bridgehead atoms. The lowest BCUT2D eigenvalue weighted by Gasteiger charge is -2.41. The van der Waals surface area contributed by atoms with Crippen LogP contribution >= 0.6 is 12.6 Å². The second kappa shape index (κ2) is 16.9. The summed E-state index contributed by atoms with van der Waals surface area (Å²) in [5.41, 5.74) is 0.948. The zero-order valence-corrected chi connectivity index (χ0v) is 28.9. The summed E-state index contributed by atoms with van der Waals surface area (Å²) in [7, 11) is 1.14. The number of nitrogens with zero attached hydrogens (tertiary/aromatic N) is 3. The summed E-state index contributed by atoms with van der Waals surface area (Å²) in [6.07, 6.45) is -1.45. The van der Waals surface area contributed by atoms with Gasteiger partial charge in [-0.05, 0) is 56.5 Å². The molecular formula is C33H43N5O10S. The van der Waals surface area contributed by atoms with E-state index in [-0.39, 0.29) is 24.5 Å². The number of phenolic OH excluding ortho intramolecular Hbond substituents is 1. The molecule has 4 N–H and O–H groups in total. The Balaban J connectivity index is 2.07. The lowest BCUT2D eigenvalue weighted by molar-refractivity contribution is -0.151. The molecule has 2 aromatic rings. The second-order valence-corrected chi connectivity index (χ2v) is 12.7. The Morgan fingerprint density at radius 2 is 1.67 bits per heavy atom. The van der Waals surface area contributed by atoms with E-state index in [1.807, 2.05) is 12.1 Å². The molecule has 0 spiro atoms. The number of hydrogen-bond acceptors (Lipinski definition) is 11. The predicted octanol–water partition coefficient (Wildman–Crippen LogP) is 1.87. The van der Waals surface area contributed by atoms with Gasteiger partial charge in [0.25, 0.3) is 0 Å². The Hall–Kier alpha value is -4.99. The number of aliphatic carboxylic acids is 1. The number of esters is 1. The maximum absolute atomic E-state index is 14.6. The van der Waals surface area contributed by atoms with Crippen molar-refractivity contribution in [1.29, 1.82) is 0 Å². The van der Waals surface area contributed by atoms with Crippen molar-refractivity contribution in [3.8, 4) is 5.75 Å². The molecule has 0 saturated carbocycles. The number of amides is 4. The zero-order valence-electron chi connectivity index (χ0n) is 28.0. The molecule has 0 aromatic heterocycles. The number of hydrazine groups is 1. The molecule has 266 valence electrons. The maximum Gasteiger partial charge on any atom is 0.430 e. The van der Waals surface area contributed by atoms with Gasteiger partial charge in [-0.2, -0.15) is 12.6 Å².